The van der Waals surface area contributed by atoms with Gasteiger partial charge in [-0.1, -0.05) is 42.8 Å². The summed E-state index contributed by atoms with van der Waals surface area (Å²) in [5.74, 6) is 0.877. The van der Waals surface area contributed by atoms with E-state index >= 15 is 0 Å². The molecule has 4 aliphatic rings. The maximum atomic E-state index is 9.44. The molecule has 2 aromatic rings. The zero-order chi connectivity index (χ0) is 21.7. The highest BCUT2D eigenvalue weighted by molar-refractivity contribution is 5.74. The average molecular weight is 419 g/mol. The van der Waals surface area contributed by atoms with Gasteiger partial charge in [0, 0.05) is 22.8 Å². The normalized spacial score (nSPS) is 27.8. The highest BCUT2D eigenvalue weighted by Crippen LogP contribution is 2.59. The molecule has 1 spiro atoms. The van der Waals surface area contributed by atoms with Gasteiger partial charge in [-0.05, 0) is 68.2 Å². The molecule has 4 nitrogen and oxygen atoms in total. The van der Waals surface area contributed by atoms with Crippen LogP contribution < -0.4 is 15.5 Å². The van der Waals surface area contributed by atoms with Gasteiger partial charge in [-0.15, -0.1) is 0 Å². The van der Waals surface area contributed by atoms with Crippen molar-refractivity contribution in [3.8, 4) is 12.1 Å². The quantitative estimate of drug-likeness (QED) is 0.666. The van der Waals surface area contributed by atoms with Crippen LogP contribution in [0.5, 0.6) is 0 Å². The number of hydrogen-bond donors (Lipinski definition) is 0. The van der Waals surface area contributed by atoms with E-state index in [1.165, 1.54) is 43.4 Å². The Labute approximate surface area is 188 Å². The molecule has 4 heteroatoms. The van der Waals surface area contributed by atoms with Gasteiger partial charge in [0.2, 0.25) is 0 Å². The third kappa shape index (κ3) is 2.63. The third-order valence-corrected chi connectivity index (χ3v) is 8.02. The summed E-state index contributed by atoms with van der Waals surface area (Å²) in [5.41, 5.74) is 5.52. The lowest BCUT2D eigenvalue weighted by Crippen LogP contribution is -2.57. The average Bonchev–Trinajstić information content (AvgIpc) is 3.17. The highest BCUT2D eigenvalue weighted by atomic mass is 15.4. The summed E-state index contributed by atoms with van der Waals surface area (Å²) in [4.78, 5) is 8.03. The summed E-state index contributed by atoms with van der Waals surface area (Å²) in [5, 5.41) is 20.6. The van der Waals surface area contributed by atoms with Gasteiger partial charge in [0.1, 0.15) is 23.4 Å². The van der Waals surface area contributed by atoms with Crippen molar-refractivity contribution in [2.24, 2.45) is 10.9 Å². The second kappa shape index (κ2) is 7.35. The van der Waals surface area contributed by atoms with E-state index in [1.807, 2.05) is 18.2 Å². The molecule has 2 aliphatic carbocycles. The van der Waals surface area contributed by atoms with Crippen LogP contribution >= 0.6 is 0 Å². The predicted octanol–water partition coefficient (Wildman–Crippen LogP) is 4.84. The number of fused-ring (bicyclic) bond motifs is 3. The fraction of sp³-hybridized carbons (Fsp3) is 0.393. The van der Waals surface area contributed by atoms with Gasteiger partial charge in [-0.2, -0.15) is 10.5 Å². The van der Waals surface area contributed by atoms with Crippen LogP contribution in [0, 0.1) is 28.6 Å². The lowest BCUT2D eigenvalue weighted by Gasteiger charge is -2.56. The summed E-state index contributed by atoms with van der Waals surface area (Å²) in [7, 11) is 0. The number of hydrogen-bond acceptors (Lipinski definition) is 4. The SMILES string of the molecule is N#CC(C#N)=c1ccc2c(c1)N1C3=C(CCCC3)[C@H](c3ccccc3)[C@H]3CCCC[C@@]31N=2. The Bertz CT molecular complexity index is 1310. The van der Waals surface area contributed by atoms with E-state index in [2.05, 4.69) is 47.4 Å². The maximum Gasteiger partial charge on any atom is 0.140 e. The molecule has 0 bridgehead atoms. The van der Waals surface area contributed by atoms with Crippen LogP contribution in [0.1, 0.15) is 62.8 Å². The first-order valence-electron chi connectivity index (χ1n) is 11.9. The fourth-order valence-corrected chi connectivity index (χ4v) is 6.81. The molecule has 0 unspecified atom stereocenters. The summed E-state index contributed by atoms with van der Waals surface area (Å²) in [6.45, 7) is 0. The van der Waals surface area contributed by atoms with E-state index in [1.54, 1.807) is 5.57 Å². The molecule has 2 aliphatic heterocycles. The van der Waals surface area contributed by atoms with E-state index < -0.39 is 0 Å². The molecule has 3 atom stereocenters. The third-order valence-electron chi connectivity index (χ3n) is 8.02. The van der Waals surface area contributed by atoms with Gasteiger partial charge in [0.05, 0.1) is 11.0 Å². The molecule has 32 heavy (non-hydrogen) atoms. The lowest BCUT2D eigenvalue weighted by molar-refractivity contribution is 0.156. The molecule has 1 saturated carbocycles. The van der Waals surface area contributed by atoms with Gasteiger partial charge in [-0.25, -0.2) is 0 Å². The smallest absolute Gasteiger partial charge is 0.140 e. The Morgan fingerprint density at radius 3 is 2.59 bits per heavy atom. The molecule has 0 amide bonds. The zero-order valence-electron chi connectivity index (χ0n) is 18.2. The van der Waals surface area contributed by atoms with Crippen molar-refractivity contribution in [2.45, 2.75) is 62.9 Å². The van der Waals surface area contributed by atoms with Crippen molar-refractivity contribution in [3.05, 3.63) is 75.9 Å². The molecule has 1 fully saturated rings. The summed E-state index contributed by atoms with van der Waals surface area (Å²) >= 11 is 0. The van der Waals surface area contributed by atoms with E-state index in [9.17, 15) is 10.5 Å². The van der Waals surface area contributed by atoms with Crippen LogP contribution in [0.4, 0.5) is 5.69 Å². The topological polar surface area (TPSA) is 63.2 Å². The minimum atomic E-state index is -0.241. The van der Waals surface area contributed by atoms with Crippen molar-refractivity contribution in [3.63, 3.8) is 0 Å². The summed E-state index contributed by atoms with van der Waals surface area (Å²) in [6.07, 6.45) is 9.39. The van der Waals surface area contributed by atoms with E-state index in [0.29, 0.717) is 17.1 Å². The Balaban J connectivity index is 1.63. The second-order valence-corrected chi connectivity index (χ2v) is 9.55. The maximum absolute atomic E-state index is 9.44. The molecule has 0 saturated heterocycles. The molecule has 2 heterocycles. The van der Waals surface area contributed by atoms with Crippen molar-refractivity contribution >= 4 is 11.3 Å². The molecule has 158 valence electrons. The fourth-order valence-electron chi connectivity index (χ4n) is 6.81. The number of nitriles is 2. The second-order valence-electron chi connectivity index (χ2n) is 9.55. The Hall–Kier alpha value is -3.37. The first kappa shape index (κ1) is 19.3. The van der Waals surface area contributed by atoms with Gasteiger partial charge in [-0.3, -0.25) is 4.99 Å². The Morgan fingerprint density at radius 1 is 0.969 bits per heavy atom. The molecular weight excluding hydrogens is 392 g/mol. The van der Waals surface area contributed by atoms with Gasteiger partial charge >= 0.3 is 0 Å². The highest BCUT2D eigenvalue weighted by Gasteiger charge is 2.57. The van der Waals surface area contributed by atoms with Crippen LogP contribution in [0.2, 0.25) is 0 Å². The zero-order valence-corrected chi connectivity index (χ0v) is 18.2. The van der Waals surface area contributed by atoms with Gasteiger partial charge in [0.25, 0.3) is 0 Å². The van der Waals surface area contributed by atoms with Crippen molar-refractivity contribution in [1.29, 1.82) is 10.5 Å². The first-order chi connectivity index (χ1) is 15.8. The Kier molecular flexibility index (Phi) is 4.44. The van der Waals surface area contributed by atoms with Crippen molar-refractivity contribution in [1.82, 2.24) is 0 Å². The van der Waals surface area contributed by atoms with Crippen LogP contribution in [-0.2, 0) is 0 Å². The molecule has 2 aromatic carbocycles. The largest absolute Gasteiger partial charge is 0.318 e. The van der Waals surface area contributed by atoms with Gasteiger partial charge in [0.15, 0.2) is 0 Å². The Morgan fingerprint density at radius 2 is 1.78 bits per heavy atom. The number of rotatable bonds is 1. The molecular formula is C28H26N4. The number of anilines is 1. The molecule has 6 rings (SSSR count). The number of benzene rings is 2. The van der Waals surface area contributed by atoms with E-state index in [0.717, 1.165) is 30.3 Å². The van der Waals surface area contributed by atoms with Crippen LogP contribution in [-0.4, -0.2) is 5.66 Å². The van der Waals surface area contributed by atoms with Crippen LogP contribution in [0.15, 0.2) is 64.8 Å². The monoisotopic (exact) mass is 418 g/mol. The van der Waals surface area contributed by atoms with Crippen LogP contribution in [0.3, 0.4) is 0 Å². The standard InChI is InChI=1S/C28H26N4/c29-17-21(18-30)20-13-14-24-26(16-20)32-25-12-5-4-10-22(25)27(19-8-2-1-3-9-19)23-11-6-7-15-28(23,32)31-24/h1-3,8-9,13-14,16,23,27H,4-7,10-12,15H2/t23-,27+,28+/m1/s1. The molecule has 0 N–H and O–H groups in total. The minimum Gasteiger partial charge on any atom is -0.318 e. The van der Waals surface area contributed by atoms with E-state index in [-0.39, 0.29) is 11.2 Å². The number of nitrogens with zero attached hydrogens (tertiary/aromatic N) is 4. The predicted molar refractivity (Wildman–Crippen MR) is 124 cm³/mol. The number of allylic oxidation sites excluding steroid dienone is 2. The summed E-state index contributed by atoms with van der Waals surface area (Å²) in [6, 6.07) is 21.2. The van der Waals surface area contributed by atoms with E-state index in [4.69, 9.17) is 4.99 Å². The molecule has 0 radical (unpaired) electrons. The minimum absolute atomic E-state index is 0.172. The first-order valence-corrected chi connectivity index (χ1v) is 11.9. The summed E-state index contributed by atoms with van der Waals surface area (Å²) < 4.78 is 0. The van der Waals surface area contributed by atoms with Crippen molar-refractivity contribution < 1.29 is 0 Å². The van der Waals surface area contributed by atoms with Crippen LogP contribution in [0.25, 0.3) is 5.57 Å². The lowest BCUT2D eigenvalue weighted by atomic mass is 9.62. The molecule has 0 aromatic heterocycles. The van der Waals surface area contributed by atoms with Crippen molar-refractivity contribution in [2.75, 3.05) is 4.90 Å². The van der Waals surface area contributed by atoms with Gasteiger partial charge < -0.3 is 4.90 Å².